The van der Waals surface area contributed by atoms with Crippen molar-refractivity contribution >= 4 is 0 Å². The topological polar surface area (TPSA) is 68.4 Å². The van der Waals surface area contributed by atoms with Crippen molar-refractivity contribution in [3.8, 4) is 17.2 Å². The van der Waals surface area contributed by atoms with Crippen LogP contribution in [-0.2, 0) is 0 Å². The lowest BCUT2D eigenvalue weighted by molar-refractivity contribution is 0.184. The first-order valence-electron chi connectivity index (χ1n) is 5.95. The molecule has 0 fully saturated rings. The molecule has 1 unspecified atom stereocenters. The standard InChI is InChI=1S/C13H16N2O3/c1-3-7-17-11-6-4-5-10(8-11)13-14-12(9(2)16)15-18-13/h4-6,8-9,16H,3,7H2,1-2H3. The normalized spacial score (nSPS) is 12.4. The van der Waals surface area contributed by atoms with E-state index in [1.54, 1.807) is 6.92 Å². The van der Waals surface area contributed by atoms with Crippen LogP contribution in [0.1, 0.15) is 32.2 Å². The van der Waals surface area contributed by atoms with E-state index >= 15 is 0 Å². The van der Waals surface area contributed by atoms with Gasteiger partial charge in [0.2, 0.25) is 0 Å². The zero-order valence-corrected chi connectivity index (χ0v) is 10.5. The van der Waals surface area contributed by atoms with E-state index in [-0.39, 0.29) is 5.82 Å². The molecule has 0 saturated carbocycles. The van der Waals surface area contributed by atoms with Gasteiger partial charge in [-0.2, -0.15) is 4.98 Å². The second kappa shape index (κ2) is 5.64. The Morgan fingerprint density at radius 1 is 1.44 bits per heavy atom. The molecule has 0 aliphatic rings. The van der Waals surface area contributed by atoms with Gasteiger partial charge in [-0.1, -0.05) is 18.1 Å². The Labute approximate surface area is 105 Å². The summed E-state index contributed by atoms with van der Waals surface area (Å²) >= 11 is 0. The smallest absolute Gasteiger partial charge is 0.258 e. The van der Waals surface area contributed by atoms with Gasteiger partial charge in [0.1, 0.15) is 11.9 Å². The average molecular weight is 248 g/mol. The minimum atomic E-state index is -0.734. The number of nitrogens with zero attached hydrogens (tertiary/aromatic N) is 2. The number of hydrogen-bond acceptors (Lipinski definition) is 5. The molecular formula is C13H16N2O3. The van der Waals surface area contributed by atoms with Crippen LogP contribution in [0.2, 0.25) is 0 Å². The Bertz CT molecular complexity index is 508. The molecular weight excluding hydrogens is 232 g/mol. The highest BCUT2D eigenvalue weighted by Crippen LogP contribution is 2.23. The fourth-order valence-corrected chi connectivity index (χ4v) is 1.46. The fourth-order valence-electron chi connectivity index (χ4n) is 1.46. The first-order chi connectivity index (χ1) is 8.70. The van der Waals surface area contributed by atoms with Gasteiger partial charge < -0.3 is 14.4 Å². The van der Waals surface area contributed by atoms with Gasteiger partial charge in [0.05, 0.1) is 6.61 Å². The molecule has 5 nitrogen and oxygen atoms in total. The summed E-state index contributed by atoms with van der Waals surface area (Å²) in [4.78, 5) is 4.12. The summed E-state index contributed by atoms with van der Waals surface area (Å²) < 4.78 is 10.6. The third kappa shape index (κ3) is 2.87. The van der Waals surface area contributed by atoms with Crippen LogP contribution < -0.4 is 4.74 Å². The highest BCUT2D eigenvalue weighted by Gasteiger charge is 2.12. The number of benzene rings is 1. The molecule has 96 valence electrons. The molecule has 0 spiro atoms. The summed E-state index contributed by atoms with van der Waals surface area (Å²) in [5, 5.41) is 13.1. The van der Waals surface area contributed by atoms with Crippen molar-refractivity contribution < 1.29 is 14.4 Å². The van der Waals surface area contributed by atoms with Gasteiger partial charge in [0.15, 0.2) is 5.82 Å². The highest BCUT2D eigenvalue weighted by atomic mass is 16.5. The van der Waals surface area contributed by atoms with Crippen LogP contribution in [0.3, 0.4) is 0 Å². The lowest BCUT2D eigenvalue weighted by Gasteiger charge is -2.04. The van der Waals surface area contributed by atoms with Crippen LogP contribution in [0.4, 0.5) is 0 Å². The molecule has 1 heterocycles. The summed E-state index contributed by atoms with van der Waals surface area (Å²) in [5.41, 5.74) is 0.781. The van der Waals surface area contributed by atoms with Gasteiger partial charge in [-0.3, -0.25) is 0 Å². The second-order valence-electron chi connectivity index (χ2n) is 4.01. The molecule has 1 atom stereocenters. The maximum absolute atomic E-state index is 9.34. The molecule has 5 heteroatoms. The largest absolute Gasteiger partial charge is 0.494 e. The number of aliphatic hydroxyl groups excluding tert-OH is 1. The molecule has 0 aliphatic heterocycles. The van der Waals surface area contributed by atoms with Gasteiger partial charge in [-0.25, -0.2) is 0 Å². The predicted molar refractivity (Wildman–Crippen MR) is 66.2 cm³/mol. The van der Waals surface area contributed by atoms with Crippen LogP contribution >= 0.6 is 0 Å². The first kappa shape index (κ1) is 12.6. The van der Waals surface area contributed by atoms with Crippen LogP contribution in [-0.4, -0.2) is 21.9 Å². The first-order valence-corrected chi connectivity index (χ1v) is 5.95. The van der Waals surface area contributed by atoms with Crippen molar-refractivity contribution in [2.45, 2.75) is 26.4 Å². The van der Waals surface area contributed by atoms with Crippen molar-refractivity contribution in [2.24, 2.45) is 0 Å². The van der Waals surface area contributed by atoms with Gasteiger partial charge in [-0.05, 0) is 31.5 Å². The molecule has 0 bridgehead atoms. The number of aromatic nitrogens is 2. The van der Waals surface area contributed by atoms with E-state index in [1.165, 1.54) is 0 Å². The lowest BCUT2D eigenvalue weighted by Crippen LogP contribution is -1.95. The van der Waals surface area contributed by atoms with E-state index in [4.69, 9.17) is 9.26 Å². The van der Waals surface area contributed by atoms with E-state index in [2.05, 4.69) is 17.1 Å². The molecule has 1 N–H and O–H groups in total. The summed E-state index contributed by atoms with van der Waals surface area (Å²) in [6, 6.07) is 7.45. The number of rotatable bonds is 5. The minimum absolute atomic E-state index is 0.282. The molecule has 18 heavy (non-hydrogen) atoms. The van der Waals surface area contributed by atoms with E-state index in [0.29, 0.717) is 12.5 Å². The van der Waals surface area contributed by atoms with Gasteiger partial charge >= 0.3 is 0 Å². The summed E-state index contributed by atoms with van der Waals surface area (Å²) in [6.45, 7) is 4.32. The van der Waals surface area contributed by atoms with E-state index in [9.17, 15) is 5.11 Å². The summed E-state index contributed by atoms with van der Waals surface area (Å²) in [7, 11) is 0. The third-order valence-corrected chi connectivity index (χ3v) is 2.37. The van der Waals surface area contributed by atoms with Gasteiger partial charge in [0, 0.05) is 5.56 Å². The maximum atomic E-state index is 9.34. The Kier molecular flexibility index (Phi) is 3.94. The Morgan fingerprint density at radius 2 is 2.28 bits per heavy atom. The number of aliphatic hydroxyl groups is 1. The molecule has 0 radical (unpaired) electrons. The summed E-state index contributed by atoms with van der Waals surface area (Å²) in [5.74, 6) is 1.43. The molecule has 1 aromatic heterocycles. The van der Waals surface area contributed by atoms with Gasteiger partial charge in [0.25, 0.3) is 5.89 Å². The highest BCUT2D eigenvalue weighted by molar-refractivity contribution is 5.55. The second-order valence-corrected chi connectivity index (χ2v) is 4.01. The third-order valence-electron chi connectivity index (χ3n) is 2.37. The van der Waals surface area contributed by atoms with Crippen molar-refractivity contribution in [1.29, 1.82) is 0 Å². The quantitative estimate of drug-likeness (QED) is 0.880. The maximum Gasteiger partial charge on any atom is 0.258 e. The Balaban J connectivity index is 2.21. The lowest BCUT2D eigenvalue weighted by atomic mass is 10.2. The molecule has 0 saturated heterocycles. The van der Waals surface area contributed by atoms with Crippen LogP contribution in [0.5, 0.6) is 5.75 Å². The van der Waals surface area contributed by atoms with Crippen LogP contribution in [0.25, 0.3) is 11.5 Å². The molecule has 0 aliphatic carbocycles. The Morgan fingerprint density at radius 3 is 2.94 bits per heavy atom. The monoisotopic (exact) mass is 248 g/mol. The zero-order chi connectivity index (χ0) is 13.0. The van der Waals surface area contributed by atoms with Crippen molar-refractivity contribution in [2.75, 3.05) is 6.61 Å². The molecule has 1 aromatic carbocycles. The van der Waals surface area contributed by atoms with Crippen LogP contribution in [0, 0.1) is 0 Å². The fraction of sp³-hybridized carbons (Fsp3) is 0.385. The Hall–Kier alpha value is -1.88. The van der Waals surface area contributed by atoms with E-state index in [0.717, 1.165) is 17.7 Å². The summed E-state index contributed by atoms with van der Waals surface area (Å²) in [6.07, 6.45) is 0.221. The minimum Gasteiger partial charge on any atom is -0.494 e. The van der Waals surface area contributed by atoms with Crippen molar-refractivity contribution in [3.63, 3.8) is 0 Å². The number of ether oxygens (including phenoxy) is 1. The zero-order valence-electron chi connectivity index (χ0n) is 10.5. The van der Waals surface area contributed by atoms with Crippen molar-refractivity contribution in [1.82, 2.24) is 10.1 Å². The SMILES string of the molecule is CCCOc1cccc(-c2nc(C(C)O)no2)c1. The molecule has 2 aromatic rings. The van der Waals surface area contributed by atoms with Crippen molar-refractivity contribution in [3.05, 3.63) is 30.1 Å². The molecule has 0 amide bonds. The average Bonchev–Trinajstić information content (AvgIpc) is 2.86. The van der Waals surface area contributed by atoms with Gasteiger partial charge in [-0.15, -0.1) is 0 Å². The number of hydrogen-bond donors (Lipinski definition) is 1. The van der Waals surface area contributed by atoms with Crippen LogP contribution in [0.15, 0.2) is 28.8 Å². The van der Waals surface area contributed by atoms with E-state index < -0.39 is 6.10 Å². The van der Waals surface area contributed by atoms with E-state index in [1.807, 2.05) is 24.3 Å². The predicted octanol–water partition coefficient (Wildman–Crippen LogP) is 2.58. The molecule has 2 rings (SSSR count).